The molecular weight excluding hydrogens is 320 g/mol. The smallest absolute Gasteiger partial charge is 0.329 e. The van der Waals surface area contributed by atoms with Gasteiger partial charge >= 0.3 is 6.03 Å². The number of amides is 3. The van der Waals surface area contributed by atoms with Crippen LogP contribution in [0.3, 0.4) is 0 Å². The van der Waals surface area contributed by atoms with Crippen LogP contribution in [-0.4, -0.2) is 23.6 Å². The Labute approximate surface area is 144 Å². The fourth-order valence-electron chi connectivity index (χ4n) is 2.76. The quantitative estimate of drug-likeness (QED) is 0.691. The lowest BCUT2D eigenvalue weighted by atomic mass is 10.1. The zero-order valence-corrected chi connectivity index (χ0v) is 13.6. The fourth-order valence-corrected chi connectivity index (χ4v) is 2.76. The summed E-state index contributed by atoms with van der Waals surface area (Å²) in [5, 5.41) is 2.63. The number of nitrogens with zero attached hydrogens (tertiary/aromatic N) is 1. The maximum Gasteiger partial charge on any atom is 0.329 e. The molecule has 2 aliphatic rings. The van der Waals surface area contributed by atoms with Crippen molar-refractivity contribution in [3.8, 4) is 11.5 Å². The van der Waals surface area contributed by atoms with Crippen molar-refractivity contribution >= 4 is 18.0 Å². The molecule has 0 bridgehead atoms. The van der Waals surface area contributed by atoms with Crippen LogP contribution in [0.15, 0.2) is 48.2 Å². The molecule has 2 aliphatic heterocycles. The van der Waals surface area contributed by atoms with Gasteiger partial charge in [0, 0.05) is 0 Å². The number of ether oxygens (including phenoxy) is 2. The minimum absolute atomic E-state index is 0.190. The molecule has 2 aromatic rings. The standard InChI is InChI=1S/C19H16N2O4/c1-12-2-4-13(5-3-12)10-21-18(22)15(20-19(21)23)8-14-6-7-16-17(9-14)25-11-24-16/h2-9H,10-11H2,1H3,(H,20,23)/b15-8+. The molecule has 0 spiro atoms. The average molecular weight is 336 g/mol. The van der Waals surface area contributed by atoms with Crippen LogP contribution < -0.4 is 14.8 Å². The minimum Gasteiger partial charge on any atom is -0.454 e. The van der Waals surface area contributed by atoms with Gasteiger partial charge in [-0.25, -0.2) is 4.79 Å². The lowest BCUT2D eigenvalue weighted by Crippen LogP contribution is -2.30. The lowest BCUT2D eigenvalue weighted by molar-refractivity contribution is -0.123. The molecule has 2 heterocycles. The molecule has 126 valence electrons. The molecule has 3 amide bonds. The molecule has 1 N–H and O–H groups in total. The number of rotatable bonds is 3. The van der Waals surface area contributed by atoms with E-state index in [0.717, 1.165) is 16.7 Å². The first-order valence-corrected chi connectivity index (χ1v) is 7.90. The van der Waals surface area contributed by atoms with Crippen LogP contribution in [-0.2, 0) is 11.3 Å². The van der Waals surface area contributed by atoms with Gasteiger partial charge in [-0.05, 0) is 36.3 Å². The second kappa shape index (κ2) is 5.98. The van der Waals surface area contributed by atoms with Crippen LogP contribution in [0.4, 0.5) is 4.79 Å². The second-order valence-corrected chi connectivity index (χ2v) is 5.98. The molecule has 2 aromatic carbocycles. The van der Waals surface area contributed by atoms with E-state index in [1.807, 2.05) is 37.3 Å². The van der Waals surface area contributed by atoms with Gasteiger partial charge in [-0.3, -0.25) is 9.69 Å². The third-order valence-electron chi connectivity index (χ3n) is 4.13. The fraction of sp³-hybridized carbons (Fsp3) is 0.158. The minimum atomic E-state index is -0.419. The number of benzene rings is 2. The van der Waals surface area contributed by atoms with E-state index in [-0.39, 0.29) is 24.9 Å². The molecule has 4 rings (SSSR count). The predicted octanol–water partition coefficient (Wildman–Crippen LogP) is 2.82. The van der Waals surface area contributed by atoms with Gasteiger partial charge in [0.2, 0.25) is 6.79 Å². The van der Waals surface area contributed by atoms with E-state index >= 15 is 0 Å². The van der Waals surface area contributed by atoms with Gasteiger partial charge in [-0.1, -0.05) is 35.9 Å². The third-order valence-corrected chi connectivity index (χ3v) is 4.13. The molecule has 0 radical (unpaired) electrons. The summed E-state index contributed by atoms with van der Waals surface area (Å²) >= 11 is 0. The Balaban J connectivity index is 1.55. The van der Waals surface area contributed by atoms with Crippen molar-refractivity contribution in [2.24, 2.45) is 0 Å². The van der Waals surface area contributed by atoms with Gasteiger partial charge in [0.1, 0.15) is 5.70 Å². The molecule has 0 atom stereocenters. The molecule has 6 nitrogen and oxygen atoms in total. The van der Waals surface area contributed by atoms with Crippen molar-refractivity contribution in [3.05, 3.63) is 64.9 Å². The van der Waals surface area contributed by atoms with Gasteiger partial charge in [-0.15, -0.1) is 0 Å². The van der Waals surface area contributed by atoms with Gasteiger partial charge in [0.15, 0.2) is 11.5 Å². The summed E-state index contributed by atoms with van der Waals surface area (Å²) in [7, 11) is 0. The van der Waals surface area contributed by atoms with Crippen LogP contribution in [0.2, 0.25) is 0 Å². The topological polar surface area (TPSA) is 67.9 Å². The maximum atomic E-state index is 12.5. The van der Waals surface area contributed by atoms with Crippen molar-refractivity contribution in [2.75, 3.05) is 6.79 Å². The summed E-state index contributed by atoms with van der Waals surface area (Å²) in [5.74, 6) is 0.954. The number of carbonyl (C=O) groups excluding carboxylic acids is 2. The highest BCUT2D eigenvalue weighted by Crippen LogP contribution is 2.33. The summed E-state index contributed by atoms with van der Waals surface area (Å²) in [6, 6.07) is 12.7. The molecule has 0 aromatic heterocycles. The Morgan fingerprint density at radius 3 is 2.64 bits per heavy atom. The van der Waals surface area contributed by atoms with Crippen LogP contribution in [0, 0.1) is 6.92 Å². The van der Waals surface area contributed by atoms with Crippen molar-refractivity contribution in [1.29, 1.82) is 0 Å². The van der Waals surface area contributed by atoms with Gasteiger partial charge < -0.3 is 14.8 Å². The van der Waals surface area contributed by atoms with Gasteiger partial charge in [0.25, 0.3) is 5.91 Å². The van der Waals surface area contributed by atoms with E-state index in [0.29, 0.717) is 11.5 Å². The molecule has 1 saturated heterocycles. The van der Waals surface area contributed by atoms with Crippen molar-refractivity contribution < 1.29 is 19.1 Å². The zero-order valence-electron chi connectivity index (χ0n) is 13.6. The Morgan fingerprint density at radius 2 is 1.84 bits per heavy atom. The van der Waals surface area contributed by atoms with E-state index in [4.69, 9.17) is 9.47 Å². The number of nitrogens with one attached hydrogen (secondary N) is 1. The highest BCUT2D eigenvalue weighted by molar-refractivity contribution is 6.13. The summed E-state index contributed by atoms with van der Waals surface area (Å²) in [4.78, 5) is 25.9. The maximum absolute atomic E-state index is 12.5. The number of hydrogen-bond donors (Lipinski definition) is 1. The molecule has 6 heteroatoms. The lowest BCUT2D eigenvalue weighted by Gasteiger charge is -2.11. The van der Waals surface area contributed by atoms with Gasteiger partial charge in [0.05, 0.1) is 6.54 Å². The summed E-state index contributed by atoms with van der Waals surface area (Å²) in [5.41, 5.74) is 3.03. The van der Waals surface area contributed by atoms with E-state index in [1.54, 1.807) is 18.2 Å². The van der Waals surface area contributed by atoms with E-state index in [9.17, 15) is 9.59 Å². The molecular formula is C19H16N2O4. The molecule has 0 unspecified atom stereocenters. The Bertz CT molecular complexity index is 887. The predicted molar refractivity (Wildman–Crippen MR) is 90.8 cm³/mol. The highest BCUT2D eigenvalue weighted by Gasteiger charge is 2.33. The SMILES string of the molecule is Cc1ccc(CN2C(=O)N/C(=C/c3ccc4c(c3)OCO4)C2=O)cc1. The molecule has 1 fully saturated rings. The van der Waals surface area contributed by atoms with E-state index < -0.39 is 6.03 Å². The number of carbonyl (C=O) groups is 2. The first-order valence-electron chi connectivity index (χ1n) is 7.90. The monoisotopic (exact) mass is 336 g/mol. The highest BCUT2D eigenvalue weighted by atomic mass is 16.7. The van der Waals surface area contributed by atoms with Crippen LogP contribution in [0.5, 0.6) is 11.5 Å². The summed E-state index contributed by atoms with van der Waals surface area (Å²) in [6.45, 7) is 2.42. The van der Waals surface area contributed by atoms with E-state index in [2.05, 4.69) is 5.32 Å². The second-order valence-electron chi connectivity index (χ2n) is 5.98. The number of aryl methyl sites for hydroxylation is 1. The molecule has 25 heavy (non-hydrogen) atoms. The summed E-state index contributed by atoms with van der Waals surface area (Å²) < 4.78 is 10.6. The van der Waals surface area contributed by atoms with Crippen LogP contribution >= 0.6 is 0 Å². The first kappa shape index (κ1) is 15.3. The zero-order chi connectivity index (χ0) is 17.4. The van der Waals surface area contributed by atoms with Crippen LogP contribution in [0.25, 0.3) is 6.08 Å². The Kier molecular flexibility index (Phi) is 3.65. The Hall–Kier alpha value is -3.28. The number of imide groups is 1. The largest absolute Gasteiger partial charge is 0.454 e. The van der Waals surface area contributed by atoms with Crippen LogP contribution in [0.1, 0.15) is 16.7 Å². The third kappa shape index (κ3) is 2.94. The Morgan fingerprint density at radius 1 is 1.08 bits per heavy atom. The van der Waals surface area contributed by atoms with Crippen molar-refractivity contribution in [2.45, 2.75) is 13.5 Å². The number of fused-ring (bicyclic) bond motifs is 1. The van der Waals surface area contributed by atoms with Crippen molar-refractivity contribution in [1.82, 2.24) is 10.2 Å². The van der Waals surface area contributed by atoms with Crippen molar-refractivity contribution in [3.63, 3.8) is 0 Å². The van der Waals surface area contributed by atoms with Gasteiger partial charge in [-0.2, -0.15) is 0 Å². The number of hydrogen-bond acceptors (Lipinski definition) is 4. The normalized spacial score (nSPS) is 17.3. The van der Waals surface area contributed by atoms with E-state index in [1.165, 1.54) is 4.90 Å². The molecule has 0 saturated carbocycles. The molecule has 0 aliphatic carbocycles. The average Bonchev–Trinajstić information content (AvgIpc) is 3.16. The summed E-state index contributed by atoms with van der Waals surface area (Å²) in [6.07, 6.45) is 1.64. The number of urea groups is 1. The first-order chi connectivity index (χ1) is 12.1.